The second-order valence-electron chi connectivity index (χ2n) is 4.68. The molecule has 0 amide bonds. The third kappa shape index (κ3) is 4.04. The second kappa shape index (κ2) is 7.41. The Kier molecular flexibility index (Phi) is 5.30. The predicted octanol–water partition coefficient (Wildman–Crippen LogP) is 3.81. The van der Waals surface area contributed by atoms with E-state index in [1.54, 1.807) is 24.4 Å². The first-order valence-corrected chi connectivity index (χ1v) is 7.14. The number of nitrogens with one attached hydrogen (secondary N) is 1. The molecule has 0 aliphatic carbocycles. The van der Waals surface area contributed by atoms with E-state index in [1.165, 1.54) is 0 Å². The smallest absolute Gasteiger partial charge is 0.145 e. The van der Waals surface area contributed by atoms with E-state index in [9.17, 15) is 0 Å². The van der Waals surface area contributed by atoms with Crippen LogP contribution in [0.2, 0.25) is 0 Å². The van der Waals surface area contributed by atoms with E-state index < -0.39 is 0 Å². The Hall–Kier alpha value is -2.38. The van der Waals surface area contributed by atoms with Crippen molar-refractivity contribution >= 4 is 0 Å². The van der Waals surface area contributed by atoms with Gasteiger partial charge in [0, 0.05) is 6.04 Å². The zero-order chi connectivity index (χ0) is 15.1. The highest BCUT2D eigenvalue weighted by Crippen LogP contribution is 2.23. The minimum atomic E-state index is 0.269. The van der Waals surface area contributed by atoms with Crippen LogP contribution in [0.25, 0.3) is 0 Å². The first-order chi connectivity index (χ1) is 10.3. The molecular weight excluding hydrogens is 262 g/mol. The fourth-order valence-corrected chi connectivity index (χ4v) is 2.13. The summed E-state index contributed by atoms with van der Waals surface area (Å²) in [7, 11) is 0. The van der Waals surface area contributed by atoms with E-state index in [1.807, 2.05) is 18.2 Å². The van der Waals surface area contributed by atoms with Crippen LogP contribution in [-0.4, -0.2) is 11.5 Å². The van der Waals surface area contributed by atoms with Gasteiger partial charge in [-0.05, 0) is 43.3 Å². The Bertz CT molecular complexity index is 617. The van der Waals surface area contributed by atoms with Crippen molar-refractivity contribution in [3.05, 3.63) is 53.9 Å². The molecule has 0 bridgehead atoms. The molecule has 4 heteroatoms. The number of rotatable bonds is 6. The van der Waals surface area contributed by atoms with E-state index in [4.69, 9.17) is 10.00 Å². The van der Waals surface area contributed by atoms with Gasteiger partial charge >= 0.3 is 0 Å². The largest absolute Gasteiger partial charge is 0.456 e. The number of nitriles is 1. The van der Waals surface area contributed by atoms with Gasteiger partial charge in [0.15, 0.2) is 0 Å². The second-order valence-corrected chi connectivity index (χ2v) is 4.68. The molecule has 1 atom stereocenters. The molecule has 2 rings (SSSR count). The molecule has 108 valence electrons. The van der Waals surface area contributed by atoms with Crippen molar-refractivity contribution in [2.45, 2.75) is 26.3 Å². The minimum absolute atomic E-state index is 0.269. The van der Waals surface area contributed by atoms with Gasteiger partial charge in [-0.25, -0.2) is 0 Å². The highest BCUT2D eigenvalue weighted by atomic mass is 16.5. The van der Waals surface area contributed by atoms with Crippen molar-refractivity contribution in [2.75, 3.05) is 6.54 Å². The molecule has 1 unspecified atom stereocenters. The molecule has 1 aromatic carbocycles. The van der Waals surface area contributed by atoms with Gasteiger partial charge in [-0.15, -0.1) is 0 Å². The fraction of sp³-hybridized carbons (Fsp3) is 0.294. The van der Waals surface area contributed by atoms with E-state index in [0.717, 1.165) is 18.7 Å². The van der Waals surface area contributed by atoms with Crippen LogP contribution < -0.4 is 10.1 Å². The van der Waals surface area contributed by atoms with Crippen molar-refractivity contribution in [1.82, 2.24) is 10.3 Å². The number of nitrogens with zero attached hydrogens (tertiary/aromatic N) is 2. The van der Waals surface area contributed by atoms with Gasteiger partial charge in [0.25, 0.3) is 0 Å². The maximum Gasteiger partial charge on any atom is 0.145 e. The normalized spacial score (nSPS) is 11.7. The molecule has 1 N–H and O–H groups in total. The number of hydrogen-bond donors (Lipinski definition) is 1. The number of ether oxygens (including phenoxy) is 1. The third-order valence-electron chi connectivity index (χ3n) is 3.17. The molecule has 2 aromatic rings. The van der Waals surface area contributed by atoms with Crippen molar-refractivity contribution < 1.29 is 4.74 Å². The van der Waals surface area contributed by atoms with Gasteiger partial charge in [0.2, 0.25) is 0 Å². The van der Waals surface area contributed by atoms with Crippen LogP contribution in [0.3, 0.4) is 0 Å². The first-order valence-electron chi connectivity index (χ1n) is 7.14. The molecule has 0 fully saturated rings. The summed E-state index contributed by atoms with van der Waals surface area (Å²) in [6.45, 7) is 5.13. The Morgan fingerprint density at radius 2 is 2.10 bits per heavy atom. The lowest BCUT2D eigenvalue weighted by molar-refractivity contribution is 0.475. The summed E-state index contributed by atoms with van der Waals surface area (Å²) in [5.41, 5.74) is 1.59. The van der Waals surface area contributed by atoms with Crippen LogP contribution in [0.4, 0.5) is 0 Å². The molecule has 0 saturated carbocycles. The van der Waals surface area contributed by atoms with Gasteiger partial charge in [0.1, 0.15) is 11.5 Å². The number of benzene rings is 1. The Morgan fingerprint density at radius 1 is 1.24 bits per heavy atom. The average molecular weight is 281 g/mol. The molecule has 1 aromatic heterocycles. The van der Waals surface area contributed by atoms with E-state index in [0.29, 0.717) is 17.1 Å². The molecular formula is C17H19N3O. The molecule has 0 spiro atoms. The van der Waals surface area contributed by atoms with Crippen molar-refractivity contribution in [3.8, 4) is 17.6 Å². The van der Waals surface area contributed by atoms with E-state index in [2.05, 4.69) is 30.2 Å². The topological polar surface area (TPSA) is 57.9 Å². The number of aromatic nitrogens is 1. The maximum atomic E-state index is 8.88. The van der Waals surface area contributed by atoms with Crippen LogP contribution in [0, 0.1) is 11.3 Å². The van der Waals surface area contributed by atoms with E-state index in [-0.39, 0.29) is 6.04 Å². The van der Waals surface area contributed by atoms with Crippen LogP contribution in [0.1, 0.15) is 37.6 Å². The summed E-state index contributed by atoms with van der Waals surface area (Å²) >= 11 is 0. The molecule has 0 aliphatic heterocycles. The van der Waals surface area contributed by atoms with Gasteiger partial charge in [-0.1, -0.05) is 19.9 Å². The lowest BCUT2D eigenvalue weighted by Crippen LogP contribution is -2.20. The molecule has 0 aliphatic rings. The van der Waals surface area contributed by atoms with Crippen LogP contribution in [-0.2, 0) is 0 Å². The predicted molar refractivity (Wildman–Crippen MR) is 82.2 cm³/mol. The Morgan fingerprint density at radius 3 is 2.71 bits per heavy atom. The minimum Gasteiger partial charge on any atom is -0.456 e. The van der Waals surface area contributed by atoms with Gasteiger partial charge in [-0.3, -0.25) is 4.98 Å². The summed E-state index contributed by atoms with van der Waals surface area (Å²) in [6, 6.07) is 13.3. The van der Waals surface area contributed by atoms with Crippen molar-refractivity contribution in [1.29, 1.82) is 5.26 Å². The first kappa shape index (κ1) is 15.0. The zero-order valence-electron chi connectivity index (χ0n) is 12.3. The lowest BCUT2D eigenvalue weighted by Gasteiger charge is -2.15. The molecule has 4 nitrogen and oxygen atoms in total. The molecule has 21 heavy (non-hydrogen) atoms. The summed E-state index contributed by atoms with van der Waals surface area (Å²) in [4.78, 5) is 4.45. The summed E-state index contributed by atoms with van der Waals surface area (Å²) in [6.07, 6.45) is 2.71. The van der Waals surface area contributed by atoms with E-state index >= 15 is 0 Å². The quantitative estimate of drug-likeness (QED) is 0.874. The number of pyridine rings is 1. The van der Waals surface area contributed by atoms with Gasteiger partial charge < -0.3 is 10.1 Å². The lowest BCUT2D eigenvalue weighted by atomic mass is 10.1. The van der Waals surface area contributed by atoms with Crippen LogP contribution in [0.5, 0.6) is 11.5 Å². The summed E-state index contributed by atoms with van der Waals surface area (Å²) in [5.74, 6) is 1.31. The highest BCUT2D eigenvalue weighted by molar-refractivity contribution is 5.38. The standard InChI is InChI=1S/C17H19N3O/c1-3-16(19-4-2)17-9-8-15(12-20-17)21-14-7-5-6-13(10-14)11-18/h5-10,12,16,19H,3-4H2,1-2H3. The SMILES string of the molecule is CCNC(CC)c1ccc(Oc2cccc(C#N)c2)cn1. The van der Waals surface area contributed by atoms with Gasteiger partial charge in [-0.2, -0.15) is 5.26 Å². The molecule has 1 heterocycles. The molecule has 0 saturated heterocycles. The Balaban J connectivity index is 2.10. The zero-order valence-corrected chi connectivity index (χ0v) is 12.3. The van der Waals surface area contributed by atoms with Gasteiger partial charge in [0.05, 0.1) is 23.5 Å². The monoisotopic (exact) mass is 281 g/mol. The summed E-state index contributed by atoms with van der Waals surface area (Å²) < 4.78 is 5.72. The third-order valence-corrected chi connectivity index (χ3v) is 3.17. The summed E-state index contributed by atoms with van der Waals surface area (Å²) in [5, 5.41) is 12.3. The fourth-order valence-electron chi connectivity index (χ4n) is 2.13. The average Bonchev–Trinajstić information content (AvgIpc) is 2.54. The highest BCUT2D eigenvalue weighted by Gasteiger charge is 2.09. The molecule has 0 radical (unpaired) electrons. The van der Waals surface area contributed by atoms with Crippen LogP contribution >= 0.6 is 0 Å². The van der Waals surface area contributed by atoms with Crippen molar-refractivity contribution in [3.63, 3.8) is 0 Å². The number of hydrogen-bond acceptors (Lipinski definition) is 4. The maximum absolute atomic E-state index is 8.88. The van der Waals surface area contributed by atoms with Crippen molar-refractivity contribution in [2.24, 2.45) is 0 Å². The van der Waals surface area contributed by atoms with Crippen LogP contribution in [0.15, 0.2) is 42.6 Å². The Labute approximate surface area is 125 Å².